The largest absolute Gasteiger partial charge is 0.416 e. The van der Waals surface area contributed by atoms with Crippen molar-refractivity contribution in [3.8, 4) is 0 Å². The first-order valence-corrected chi connectivity index (χ1v) is 10.4. The summed E-state index contributed by atoms with van der Waals surface area (Å²) >= 11 is 0. The highest BCUT2D eigenvalue weighted by Crippen LogP contribution is 2.29. The van der Waals surface area contributed by atoms with E-state index in [0.29, 0.717) is 43.6 Å². The molecule has 2 aromatic carbocycles. The molecular weight excluding hydrogens is 421 g/mol. The van der Waals surface area contributed by atoms with Crippen LogP contribution >= 0.6 is 0 Å². The Bertz CT molecular complexity index is 1150. The van der Waals surface area contributed by atoms with Crippen LogP contribution in [0, 0.1) is 0 Å². The van der Waals surface area contributed by atoms with Gasteiger partial charge in [0, 0.05) is 45.7 Å². The van der Waals surface area contributed by atoms with Gasteiger partial charge in [0.2, 0.25) is 5.91 Å². The first-order valence-electron chi connectivity index (χ1n) is 10.4. The van der Waals surface area contributed by atoms with Crippen molar-refractivity contribution in [1.29, 1.82) is 0 Å². The van der Waals surface area contributed by atoms with Crippen LogP contribution in [0.5, 0.6) is 0 Å². The number of aryl methyl sites for hydroxylation is 1. The van der Waals surface area contributed by atoms with Crippen molar-refractivity contribution in [2.75, 3.05) is 26.2 Å². The van der Waals surface area contributed by atoms with Crippen LogP contribution in [-0.2, 0) is 24.1 Å². The van der Waals surface area contributed by atoms with E-state index < -0.39 is 11.7 Å². The van der Waals surface area contributed by atoms with Crippen molar-refractivity contribution in [3.05, 3.63) is 76.3 Å². The van der Waals surface area contributed by atoms with Crippen LogP contribution in [0.3, 0.4) is 0 Å². The summed E-state index contributed by atoms with van der Waals surface area (Å²) in [5.74, 6) is -0.0285. The number of rotatable bonds is 5. The van der Waals surface area contributed by atoms with Gasteiger partial charge in [0.05, 0.1) is 22.8 Å². The molecule has 1 saturated heterocycles. The van der Waals surface area contributed by atoms with Crippen molar-refractivity contribution >= 4 is 16.8 Å². The van der Waals surface area contributed by atoms with E-state index in [1.807, 2.05) is 6.07 Å². The number of halogens is 3. The van der Waals surface area contributed by atoms with Crippen molar-refractivity contribution in [2.24, 2.45) is 0 Å². The fourth-order valence-corrected chi connectivity index (χ4v) is 3.85. The number of benzene rings is 2. The van der Waals surface area contributed by atoms with E-state index in [1.54, 1.807) is 23.1 Å². The second kappa shape index (κ2) is 9.12. The number of carbonyl (C=O) groups is 1. The summed E-state index contributed by atoms with van der Waals surface area (Å²) in [5.41, 5.74) is 0.618. The van der Waals surface area contributed by atoms with E-state index in [2.05, 4.69) is 9.88 Å². The summed E-state index contributed by atoms with van der Waals surface area (Å²) < 4.78 is 39.5. The van der Waals surface area contributed by atoms with Crippen molar-refractivity contribution < 1.29 is 18.0 Å². The van der Waals surface area contributed by atoms with E-state index in [1.165, 1.54) is 23.0 Å². The molecule has 4 rings (SSSR count). The molecule has 0 unspecified atom stereocenters. The molecule has 2 heterocycles. The predicted molar refractivity (Wildman–Crippen MR) is 114 cm³/mol. The third-order valence-electron chi connectivity index (χ3n) is 5.71. The number of piperazine rings is 1. The number of fused-ring (bicyclic) bond motifs is 1. The predicted octanol–water partition coefficient (Wildman–Crippen LogP) is 3.15. The maximum Gasteiger partial charge on any atom is 0.416 e. The molecule has 0 spiro atoms. The number of aromatic nitrogens is 2. The van der Waals surface area contributed by atoms with E-state index >= 15 is 0 Å². The zero-order valence-electron chi connectivity index (χ0n) is 17.4. The fraction of sp³-hybridized carbons (Fsp3) is 0.348. The summed E-state index contributed by atoms with van der Waals surface area (Å²) in [6.45, 7) is 3.18. The zero-order valence-corrected chi connectivity index (χ0v) is 17.4. The van der Waals surface area contributed by atoms with Gasteiger partial charge >= 0.3 is 6.18 Å². The Hall–Kier alpha value is -3.20. The number of hydrogen-bond donors (Lipinski definition) is 0. The van der Waals surface area contributed by atoms with Crippen LogP contribution < -0.4 is 5.56 Å². The number of nitrogens with zero attached hydrogens (tertiary/aromatic N) is 4. The first kappa shape index (κ1) is 22.0. The van der Waals surface area contributed by atoms with Gasteiger partial charge in [-0.25, -0.2) is 4.98 Å². The summed E-state index contributed by atoms with van der Waals surface area (Å²) in [4.78, 5) is 33.3. The van der Waals surface area contributed by atoms with Crippen molar-refractivity contribution in [2.45, 2.75) is 25.7 Å². The average molecular weight is 444 g/mol. The Morgan fingerprint density at radius 1 is 0.969 bits per heavy atom. The second-order valence-electron chi connectivity index (χ2n) is 7.86. The lowest BCUT2D eigenvalue weighted by Gasteiger charge is -2.35. The Kier molecular flexibility index (Phi) is 6.27. The van der Waals surface area contributed by atoms with Crippen LogP contribution in [0.15, 0.2) is 59.7 Å². The average Bonchev–Trinajstić information content (AvgIpc) is 2.79. The molecule has 3 aromatic rings. The SMILES string of the molecule is O=C(CCn1cnc2ccccc2c1=O)N1CCN(Cc2ccc(C(F)(F)F)cc2)CC1. The number of para-hydroxylation sites is 1. The molecule has 1 aliphatic heterocycles. The molecule has 0 saturated carbocycles. The molecular formula is C23H23F3N4O2. The summed E-state index contributed by atoms with van der Waals surface area (Å²) in [5, 5.41) is 0.527. The molecule has 9 heteroatoms. The molecule has 0 aliphatic carbocycles. The molecule has 1 aliphatic rings. The molecule has 0 atom stereocenters. The molecule has 168 valence electrons. The summed E-state index contributed by atoms with van der Waals surface area (Å²) in [6, 6.07) is 12.3. The van der Waals surface area contributed by atoms with Gasteiger partial charge in [0.25, 0.3) is 5.56 Å². The maximum absolute atomic E-state index is 12.7. The van der Waals surface area contributed by atoms with Gasteiger partial charge in [0.15, 0.2) is 0 Å². The quantitative estimate of drug-likeness (QED) is 0.607. The molecule has 1 amide bonds. The van der Waals surface area contributed by atoms with E-state index in [0.717, 1.165) is 17.7 Å². The Balaban J connectivity index is 1.27. The normalized spacial score (nSPS) is 15.3. The van der Waals surface area contributed by atoms with Crippen LogP contribution in [0.2, 0.25) is 0 Å². The third kappa shape index (κ3) is 4.99. The smallest absolute Gasteiger partial charge is 0.340 e. The highest BCUT2D eigenvalue weighted by molar-refractivity contribution is 5.77. The summed E-state index contributed by atoms with van der Waals surface area (Å²) in [7, 11) is 0. The lowest BCUT2D eigenvalue weighted by molar-refractivity contribution is -0.137. The molecule has 0 bridgehead atoms. The molecule has 0 radical (unpaired) electrons. The maximum atomic E-state index is 12.7. The van der Waals surface area contributed by atoms with Crippen LogP contribution in [0.1, 0.15) is 17.5 Å². The highest BCUT2D eigenvalue weighted by Gasteiger charge is 2.30. The minimum atomic E-state index is -4.33. The lowest BCUT2D eigenvalue weighted by atomic mass is 10.1. The van der Waals surface area contributed by atoms with Crippen molar-refractivity contribution in [1.82, 2.24) is 19.4 Å². The van der Waals surface area contributed by atoms with Crippen LogP contribution in [-0.4, -0.2) is 51.4 Å². The van der Waals surface area contributed by atoms with Crippen LogP contribution in [0.25, 0.3) is 10.9 Å². The van der Waals surface area contributed by atoms with Gasteiger partial charge in [0.1, 0.15) is 0 Å². The zero-order chi connectivity index (χ0) is 22.7. The molecule has 1 aromatic heterocycles. The highest BCUT2D eigenvalue weighted by atomic mass is 19.4. The van der Waals surface area contributed by atoms with E-state index in [-0.39, 0.29) is 24.4 Å². The van der Waals surface area contributed by atoms with Gasteiger partial charge in [-0.2, -0.15) is 13.2 Å². The number of carbonyl (C=O) groups excluding carboxylic acids is 1. The number of amides is 1. The molecule has 32 heavy (non-hydrogen) atoms. The first-order chi connectivity index (χ1) is 15.3. The second-order valence-corrected chi connectivity index (χ2v) is 7.86. The van der Waals surface area contributed by atoms with Crippen LogP contribution in [0.4, 0.5) is 13.2 Å². The minimum absolute atomic E-state index is 0.0285. The van der Waals surface area contributed by atoms with E-state index in [9.17, 15) is 22.8 Å². The van der Waals surface area contributed by atoms with Gasteiger partial charge in [-0.3, -0.25) is 19.1 Å². The molecule has 1 fully saturated rings. The topological polar surface area (TPSA) is 58.4 Å². The fourth-order valence-electron chi connectivity index (χ4n) is 3.85. The van der Waals surface area contributed by atoms with Gasteiger partial charge < -0.3 is 4.90 Å². The Morgan fingerprint density at radius 3 is 2.34 bits per heavy atom. The standard InChI is InChI=1S/C23H23F3N4O2/c24-23(25,26)18-7-5-17(6-8-18)15-28-11-13-29(14-12-28)21(31)9-10-30-16-27-20-4-2-1-3-19(20)22(30)32/h1-8,16H,9-15H2. The van der Waals surface area contributed by atoms with Gasteiger partial charge in [-0.1, -0.05) is 24.3 Å². The van der Waals surface area contributed by atoms with E-state index in [4.69, 9.17) is 0 Å². The molecule has 6 nitrogen and oxygen atoms in total. The van der Waals surface area contributed by atoms with Gasteiger partial charge in [-0.05, 0) is 29.8 Å². The minimum Gasteiger partial charge on any atom is -0.340 e. The Labute approximate surface area is 182 Å². The Morgan fingerprint density at radius 2 is 1.66 bits per heavy atom. The molecule has 0 N–H and O–H groups in total. The summed E-state index contributed by atoms with van der Waals surface area (Å²) in [6.07, 6.45) is -2.66. The van der Waals surface area contributed by atoms with Gasteiger partial charge in [-0.15, -0.1) is 0 Å². The third-order valence-corrected chi connectivity index (χ3v) is 5.71. The number of hydrogen-bond acceptors (Lipinski definition) is 4. The number of alkyl halides is 3. The van der Waals surface area contributed by atoms with Crippen molar-refractivity contribution in [3.63, 3.8) is 0 Å². The monoisotopic (exact) mass is 444 g/mol. The lowest BCUT2D eigenvalue weighted by Crippen LogP contribution is -2.48.